The molecule has 2 aromatic carbocycles. The van der Waals surface area contributed by atoms with Crippen LogP contribution in [-0.4, -0.2) is 53.7 Å². The first-order valence-electron chi connectivity index (χ1n) is 11.6. The molecule has 1 fully saturated rings. The third-order valence-corrected chi connectivity index (χ3v) is 6.21. The number of halogens is 1. The molecule has 0 spiro atoms. The number of alkyl carbamates (subject to hydrolysis) is 1. The van der Waals surface area contributed by atoms with Gasteiger partial charge >= 0.3 is 12.1 Å². The summed E-state index contributed by atoms with van der Waals surface area (Å²) < 4.78 is 18.9. The van der Waals surface area contributed by atoms with Gasteiger partial charge in [0.15, 0.2) is 0 Å². The van der Waals surface area contributed by atoms with Crippen LogP contribution in [0.25, 0.3) is 0 Å². The van der Waals surface area contributed by atoms with Gasteiger partial charge in [-0.25, -0.2) is 14.0 Å². The van der Waals surface area contributed by atoms with Gasteiger partial charge in [0.1, 0.15) is 11.4 Å². The van der Waals surface area contributed by atoms with Crippen molar-refractivity contribution in [3.63, 3.8) is 0 Å². The minimum Gasteiger partial charge on any atom is -0.444 e. The average Bonchev–Trinajstić information content (AvgIpc) is 3.25. The lowest BCUT2D eigenvalue weighted by Crippen LogP contribution is -2.47. The molecule has 2 aromatic rings. The molecule has 2 aliphatic heterocycles. The Hall–Kier alpha value is -3.09. The van der Waals surface area contributed by atoms with E-state index in [1.54, 1.807) is 12.1 Å². The van der Waals surface area contributed by atoms with Crippen molar-refractivity contribution < 1.29 is 18.7 Å². The van der Waals surface area contributed by atoms with E-state index in [2.05, 4.69) is 17.4 Å². The number of nitrogens with one attached hydrogen (secondary N) is 1. The number of hydrogen-bond acceptors (Lipinski definition) is 3. The average molecular weight is 454 g/mol. The Bertz CT molecular complexity index is 1000. The fraction of sp³-hybridized carbons (Fsp3) is 0.462. The molecule has 176 valence electrons. The van der Waals surface area contributed by atoms with Crippen molar-refractivity contribution in [2.75, 3.05) is 26.2 Å². The first-order chi connectivity index (χ1) is 15.7. The van der Waals surface area contributed by atoms with Gasteiger partial charge in [0.05, 0.1) is 6.04 Å². The Morgan fingerprint density at radius 2 is 1.82 bits per heavy atom. The van der Waals surface area contributed by atoms with E-state index in [4.69, 9.17) is 4.74 Å². The Morgan fingerprint density at radius 3 is 2.55 bits per heavy atom. The summed E-state index contributed by atoms with van der Waals surface area (Å²) in [5.41, 5.74) is 2.67. The lowest BCUT2D eigenvalue weighted by molar-refractivity contribution is 0.0520. The molecule has 0 bridgehead atoms. The van der Waals surface area contributed by atoms with E-state index in [1.165, 1.54) is 17.7 Å². The number of fused-ring (bicyclic) bond motifs is 1. The summed E-state index contributed by atoms with van der Waals surface area (Å²) in [6.07, 6.45) is 1.18. The van der Waals surface area contributed by atoms with E-state index >= 15 is 0 Å². The van der Waals surface area contributed by atoms with E-state index in [1.807, 2.05) is 42.7 Å². The van der Waals surface area contributed by atoms with Crippen LogP contribution >= 0.6 is 0 Å². The van der Waals surface area contributed by atoms with Gasteiger partial charge in [-0.2, -0.15) is 0 Å². The first kappa shape index (κ1) is 23.1. The molecular formula is C26H32FN3O3. The second-order valence-corrected chi connectivity index (χ2v) is 9.86. The number of hydrogen-bond donors (Lipinski definition) is 1. The van der Waals surface area contributed by atoms with Gasteiger partial charge in [0, 0.05) is 26.2 Å². The molecule has 0 unspecified atom stereocenters. The Balaban J connectivity index is 1.46. The summed E-state index contributed by atoms with van der Waals surface area (Å²) in [4.78, 5) is 29.3. The predicted molar refractivity (Wildman–Crippen MR) is 124 cm³/mol. The van der Waals surface area contributed by atoms with E-state index in [-0.39, 0.29) is 23.8 Å². The molecule has 6 nitrogen and oxygen atoms in total. The molecule has 0 aliphatic carbocycles. The van der Waals surface area contributed by atoms with Crippen LogP contribution in [0.5, 0.6) is 0 Å². The van der Waals surface area contributed by atoms with E-state index in [0.717, 1.165) is 24.0 Å². The molecule has 1 saturated heterocycles. The molecule has 4 rings (SSSR count). The van der Waals surface area contributed by atoms with Crippen LogP contribution in [0, 0.1) is 11.7 Å². The summed E-state index contributed by atoms with van der Waals surface area (Å²) in [5, 5.41) is 2.82. The highest BCUT2D eigenvalue weighted by Crippen LogP contribution is 2.36. The van der Waals surface area contributed by atoms with Gasteiger partial charge in [-0.05, 0) is 68.4 Å². The van der Waals surface area contributed by atoms with Crippen molar-refractivity contribution in [1.82, 2.24) is 15.1 Å². The number of urea groups is 1. The van der Waals surface area contributed by atoms with Gasteiger partial charge in [0.25, 0.3) is 0 Å². The highest BCUT2D eigenvalue weighted by Gasteiger charge is 2.36. The fourth-order valence-electron chi connectivity index (χ4n) is 4.67. The quantitative estimate of drug-likeness (QED) is 0.730. The van der Waals surface area contributed by atoms with Crippen molar-refractivity contribution in [1.29, 1.82) is 0 Å². The zero-order chi connectivity index (χ0) is 23.6. The standard InChI is InChI=1S/C26H32FN3O3/c1-26(2,3)33-24(31)28-16-18-12-14-29(17-18)25(32)30-15-13-19-6-4-5-7-22(19)23(30)20-8-10-21(27)11-9-20/h4-11,18,23H,12-17H2,1-3H3,(H,28,31)/t18-,23-/m0/s1. The SMILES string of the molecule is CC(C)(C)OC(=O)NC[C@@H]1CCN(C(=O)N2CCc3ccccc3[C@@H]2c2ccc(F)cc2)C1. The largest absolute Gasteiger partial charge is 0.444 e. The highest BCUT2D eigenvalue weighted by atomic mass is 19.1. The minimum absolute atomic E-state index is 0.0152. The summed E-state index contributed by atoms with van der Waals surface area (Å²) in [5.74, 6) is -0.108. The van der Waals surface area contributed by atoms with Gasteiger partial charge in [-0.3, -0.25) is 0 Å². The second-order valence-electron chi connectivity index (χ2n) is 9.86. The molecule has 0 radical (unpaired) electrons. The maximum atomic E-state index is 13.6. The third-order valence-electron chi connectivity index (χ3n) is 6.21. The van der Waals surface area contributed by atoms with Gasteiger partial charge in [-0.15, -0.1) is 0 Å². The second kappa shape index (κ2) is 9.41. The highest BCUT2D eigenvalue weighted by molar-refractivity contribution is 5.76. The number of nitrogens with zero attached hydrogens (tertiary/aromatic N) is 2. The maximum absolute atomic E-state index is 13.6. The van der Waals surface area contributed by atoms with Crippen LogP contribution < -0.4 is 5.32 Å². The van der Waals surface area contributed by atoms with Gasteiger partial charge in [0.2, 0.25) is 0 Å². The molecule has 0 saturated carbocycles. The predicted octanol–water partition coefficient (Wildman–Crippen LogP) is 4.74. The zero-order valence-corrected chi connectivity index (χ0v) is 19.5. The van der Waals surface area contributed by atoms with Gasteiger partial charge < -0.3 is 19.9 Å². The van der Waals surface area contributed by atoms with Crippen LogP contribution in [0.15, 0.2) is 48.5 Å². The lowest BCUT2D eigenvalue weighted by Gasteiger charge is -2.39. The lowest BCUT2D eigenvalue weighted by atomic mass is 9.88. The third kappa shape index (κ3) is 5.46. The Kier molecular flexibility index (Phi) is 6.58. The number of benzene rings is 2. The number of carbonyl (C=O) groups excluding carboxylic acids is 2. The van der Waals surface area contributed by atoms with Crippen molar-refractivity contribution >= 4 is 12.1 Å². The number of rotatable bonds is 3. The number of likely N-dealkylation sites (tertiary alicyclic amines) is 1. The van der Waals surface area contributed by atoms with Crippen LogP contribution in [0.1, 0.15) is 49.9 Å². The Morgan fingerprint density at radius 1 is 1.09 bits per heavy atom. The molecular weight excluding hydrogens is 421 g/mol. The molecule has 33 heavy (non-hydrogen) atoms. The summed E-state index contributed by atoms with van der Waals surface area (Å²) in [7, 11) is 0. The zero-order valence-electron chi connectivity index (χ0n) is 19.5. The molecule has 2 aliphatic rings. The molecule has 2 atom stereocenters. The van der Waals surface area contributed by atoms with E-state index in [9.17, 15) is 14.0 Å². The van der Waals surface area contributed by atoms with Crippen LogP contribution in [0.3, 0.4) is 0 Å². The van der Waals surface area contributed by atoms with Crippen molar-refractivity contribution in [3.8, 4) is 0 Å². The smallest absolute Gasteiger partial charge is 0.407 e. The summed E-state index contributed by atoms with van der Waals surface area (Å²) in [6, 6.07) is 14.3. The monoisotopic (exact) mass is 453 g/mol. The van der Waals surface area contributed by atoms with Crippen LogP contribution in [0.2, 0.25) is 0 Å². The van der Waals surface area contributed by atoms with Crippen molar-refractivity contribution in [2.24, 2.45) is 5.92 Å². The van der Waals surface area contributed by atoms with Crippen molar-refractivity contribution in [3.05, 3.63) is 71.0 Å². The molecule has 3 amide bonds. The van der Waals surface area contributed by atoms with Gasteiger partial charge in [-0.1, -0.05) is 36.4 Å². The Labute approximate surface area is 194 Å². The van der Waals surface area contributed by atoms with E-state index in [0.29, 0.717) is 26.2 Å². The van der Waals surface area contributed by atoms with Crippen LogP contribution in [-0.2, 0) is 11.2 Å². The number of carbonyl (C=O) groups is 2. The maximum Gasteiger partial charge on any atom is 0.407 e. The molecule has 7 heteroatoms. The van der Waals surface area contributed by atoms with Crippen molar-refractivity contribution in [2.45, 2.75) is 45.3 Å². The summed E-state index contributed by atoms with van der Waals surface area (Å²) in [6.45, 7) is 7.80. The molecule has 1 N–H and O–H groups in total. The van der Waals surface area contributed by atoms with E-state index < -0.39 is 11.7 Å². The normalized spacial score (nSPS) is 20.4. The van der Waals surface area contributed by atoms with Crippen LogP contribution in [0.4, 0.5) is 14.0 Å². The first-order valence-corrected chi connectivity index (χ1v) is 11.6. The molecule has 2 heterocycles. The number of ether oxygens (including phenoxy) is 1. The number of amides is 3. The summed E-state index contributed by atoms with van der Waals surface area (Å²) >= 11 is 0. The topological polar surface area (TPSA) is 61.9 Å². The fourth-order valence-corrected chi connectivity index (χ4v) is 4.67. The molecule has 0 aromatic heterocycles. The minimum atomic E-state index is -0.540.